The Balaban J connectivity index is 2.10. The summed E-state index contributed by atoms with van der Waals surface area (Å²) in [5.74, 6) is -0.602. The lowest BCUT2D eigenvalue weighted by Crippen LogP contribution is -2.49. The van der Waals surface area contributed by atoms with Gasteiger partial charge in [-0.3, -0.25) is 25.0 Å². The standard InChI is InChI=1S/C19H15N3O5/c23-18(15-9-5-2-6-10-15)20-17-13-19(21(24)25,22(26)27)12-11-16(17)14-7-3-1-4-8-14/h1-11H,12-13H2. The average molecular weight is 365 g/mol. The van der Waals surface area contributed by atoms with Crippen LogP contribution in [0.1, 0.15) is 28.8 Å². The van der Waals surface area contributed by atoms with E-state index in [4.69, 9.17) is 0 Å². The summed E-state index contributed by atoms with van der Waals surface area (Å²) < 4.78 is 0. The third kappa shape index (κ3) is 3.50. The Bertz CT molecular complexity index is 938. The third-order valence-corrected chi connectivity index (χ3v) is 4.42. The first-order valence-corrected chi connectivity index (χ1v) is 8.16. The minimum Gasteiger partial charge on any atom is -0.267 e. The zero-order valence-electron chi connectivity index (χ0n) is 14.1. The number of aliphatic imine (C=N–C) groups is 1. The molecule has 0 aliphatic heterocycles. The fraction of sp³-hybridized carbons (Fsp3) is 0.158. The lowest BCUT2D eigenvalue weighted by molar-refractivity contribution is -0.794. The predicted molar refractivity (Wildman–Crippen MR) is 98.6 cm³/mol. The molecule has 0 heterocycles. The molecule has 1 aliphatic carbocycles. The van der Waals surface area contributed by atoms with Crippen molar-refractivity contribution in [1.29, 1.82) is 0 Å². The van der Waals surface area contributed by atoms with Crippen molar-refractivity contribution < 1.29 is 14.6 Å². The molecule has 3 rings (SSSR count). The molecule has 0 bridgehead atoms. The predicted octanol–water partition coefficient (Wildman–Crippen LogP) is 3.39. The summed E-state index contributed by atoms with van der Waals surface area (Å²) in [7, 11) is 0. The number of hydrogen-bond acceptors (Lipinski definition) is 5. The van der Waals surface area contributed by atoms with Crippen LogP contribution in [0.3, 0.4) is 0 Å². The Labute approximate surface area is 154 Å². The number of benzene rings is 2. The van der Waals surface area contributed by atoms with Gasteiger partial charge in [-0.1, -0.05) is 54.6 Å². The Kier molecular flexibility index (Phi) is 4.89. The molecule has 27 heavy (non-hydrogen) atoms. The molecule has 0 fully saturated rings. The SMILES string of the molecule is O=C(N=C1CC([N+](=O)[O-])([N+](=O)[O-])CC=C1c1ccccc1)c1ccccc1. The first-order chi connectivity index (χ1) is 12.9. The number of hydrogen-bond donors (Lipinski definition) is 0. The van der Waals surface area contributed by atoms with E-state index >= 15 is 0 Å². The Morgan fingerprint density at radius 2 is 1.48 bits per heavy atom. The molecule has 8 heteroatoms. The zero-order chi connectivity index (χ0) is 19.4. The van der Waals surface area contributed by atoms with Gasteiger partial charge in [-0.2, -0.15) is 0 Å². The van der Waals surface area contributed by atoms with E-state index in [1.807, 2.05) is 0 Å². The van der Waals surface area contributed by atoms with Crippen molar-refractivity contribution in [3.05, 3.63) is 98.1 Å². The van der Waals surface area contributed by atoms with Gasteiger partial charge in [-0.05, 0) is 17.7 Å². The number of amides is 1. The van der Waals surface area contributed by atoms with Gasteiger partial charge in [0.25, 0.3) is 5.91 Å². The van der Waals surface area contributed by atoms with Crippen LogP contribution in [0.5, 0.6) is 0 Å². The van der Waals surface area contributed by atoms with Crippen LogP contribution in [0.2, 0.25) is 0 Å². The summed E-state index contributed by atoms with van der Waals surface area (Å²) in [5, 5.41) is 22.9. The Morgan fingerprint density at radius 1 is 0.926 bits per heavy atom. The van der Waals surface area contributed by atoms with Crippen LogP contribution in [0.4, 0.5) is 0 Å². The molecule has 0 aromatic heterocycles. The van der Waals surface area contributed by atoms with Crippen LogP contribution in [-0.4, -0.2) is 27.1 Å². The molecule has 2 aromatic rings. The van der Waals surface area contributed by atoms with Crippen molar-refractivity contribution in [3.8, 4) is 0 Å². The fourth-order valence-electron chi connectivity index (χ4n) is 2.93. The van der Waals surface area contributed by atoms with Crippen LogP contribution < -0.4 is 0 Å². The molecule has 1 amide bonds. The van der Waals surface area contributed by atoms with Crippen LogP contribution in [-0.2, 0) is 0 Å². The summed E-state index contributed by atoms with van der Waals surface area (Å²) in [4.78, 5) is 37.6. The summed E-state index contributed by atoms with van der Waals surface area (Å²) in [6.45, 7) is 0. The van der Waals surface area contributed by atoms with E-state index in [0.29, 0.717) is 16.7 Å². The first-order valence-electron chi connectivity index (χ1n) is 8.16. The highest BCUT2D eigenvalue weighted by Gasteiger charge is 2.58. The number of nitrogens with zero attached hydrogens (tertiary/aromatic N) is 3. The van der Waals surface area contributed by atoms with Crippen LogP contribution in [0, 0.1) is 20.2 Å². The van der Waals surface area contributed by atoms with Crippen molar-refractivity contribution in [1.82, 2.24) is 0 Å². The zero-order valence-corrected chi connectivity index (χ0v) is 14.1. The molecule has 0 atom stereocenters. The second-order valence-electron chi connectivity index (χ2n) is 6.09. The molecular weight excluding hydrogens is 350 g/mol. The van der Waals surface area contributed by atoms with Crippen molar-refractivity contribution in [2.24, 2.45) is 4.99 Å². The van der Waals surface area contributed by atoms with E-state index in [1.54, 1.807) is 60.7 Å². The van der Waals surface area contributed by atoms with E-state index in [0.717, 1.165) is 0 Å². The number of carbonyl (C=O) groups is 1. The lowest BCUT2D eigenvalue weighted by atomic mass is 9.85. The third-order valence-electron chi connectivity index (χ3n) is 4.42. The van der Waals surface area contributed by atoms with Crippen LogP contribution in [0.25, 0.3) is 5.57 Å². The van der Waals surface area contributed by atoms with Crippen molar-refractivity contribution in [2.75, 3.05) is 0 Å². The van der Waals surface area contributed by atoms with Gasteiger partial charge in [-0.15, -0.1) is 0 Å². The maximum Gasteiger partial charge on any atom is 0.467 e. The first kappa shape index (κ1) is 18.1. The molecule has 0 radical (unpaired) electrons. The normalized spacial score (nSPS) is 17.2. The minimum atomic E-state index is -2.42. The second-order valence-corrected chi connectivity index (χ2v) is 6.09. The molecule has 0 unspecified atom stereocenters. The van der Waals surface area contributed by atoms with E-state index in [9.17, 15) is 25.0 Å². The maximum absolute atomic E-state index is 12.5. The molecule has 8 nitrogen and oxygen atoms in total. The highest BCUT2D eigenvalue weighted by atomic mass is 16.7. The molecule has 1 aliphatic rings. The topological polar surface area (TPSA) is 116 Å². The van der Waals surface area contributed by atoms with E-state index in [2.05, 4.69) is 4.99 Å². The van der Waals surface area contributed by atoms with E-state index in [-0.39, 0.29) is 12.1 Å². The van der Waals surface area contributed by atoms with Crippen LogP contribution in [0.15, 0.2) is 71.7 Å². The van der Waals surface area contributed by atoms with Crippen LogP contribution >= 0.6 is 0 Å². The van der Waals surface area contributed by atoms with E-state index < -0.39 is 27.8 Å². The van der Waals surface area contributed by atoms with Crippen molar-refractivity contribution in [3.63, 3.8) is 0 Å². The molecule has 0 saturated carbocycles. The average Bonchev–Trinajstić information content (AvgIpc) is 2.69. The fourth-order valence-corrected chi connectivity index (χ4v) is 2.93. The quantitative estimate of drug-likeness (QED) is 0.468. The van der Waals surface area contributed by atoms with Gasteiger partial charge in [0.15, 0.2) is 0 Å². The second kappa shape index (κ2) is 7.28. The summed E-state index contributed by atoms with van der Waals surface area (Å²) >= 11 is 0. The number of rotatable bonds is 4. The summed E-state index contributed by atoms with van der Waals surface area (Å²) in [5.41, 5.74) is -0.893. The van der Waals surface area contributed by atoms with Gasteiger partial charge >= 0.3 is 5.66 Å². The lowest BCUT2D eigenvalue weighted by Gasteiger charge is -2.23. The Hall–Kier alpha value is -3.68. The van der Waals surface area contributed by atoms with Crippen molar-refractivity contribution >= 4 is 17.2 Å². The molecule has 0 spiro atoms. The number of carbonyl (C=O) groups excluding carboxylic acids is 1. The summed E-state index contributed by atoms with van der Waals surface area (Å²) in [6, 6.07) is 17.1. The highest BCUT2D eigenvalue weighted by Crippen LogP contribution is 2.34. The van der Waals surface area contributed by atoms with Gasteiger partial charge in [0.05, 0.1) is 15.6 Å². The van der Waals surface area contributed by atoms with Crippen molar-refractivity contribution in [2.45, 2.75) is 18.5 Å². The smallest absolute Gasteiger partial charge is 0.267 e. The Morgan fingerprint density at radius 3 is 2.04 bits per heavy atom. The largest absolute Gasteiger partial charge is 0.467 e. The number of allylic oxidation sites excluding steroid dienone is 1. The molecule has 0 N–H and O–H groups in total. The maximum atomic E-state index is 12.5. The molecular formula is C19H15N3O5. The van der Waals surface area contributed by atoms with Gasteiger partial charge in [0.1, 0.15) is 12.8 Å². The molecule has 2 aromatic carbocycles. The number of nitro groups is 2. The highest BCUT2D eigenvalue weighted by molar-refractivity contribution is 6.28. The van der Waals surface area contributed by atoms with Gasteiger partial charge in [-0.25, -0.2) is 4.99 Å². The molecule has 0 saturated heterocycles. The minimum absolute atomic E-state index is 0.0368. The van der Waals surface area contributed by atoms with E-state index in [1.165, 1.54) is 6.08 Å². The molecule has 136 valence electrons. The van der Waals surface area contributed by atoms with Gasteiger partial charge < -0.3 is 0 Å². The summed E-state index contributed by atoms with van der Waals surface area (Å²) in [6.07, 6.45) is 0.476. The van der Waals surface area contributed by atoms with Gasteiger partial charge in [0, 0.05) is 11.1 Å². The van der Waals surface area contributed by atoms with Gasteiger partial charge in [0.2, 0.25) is 0 Å². The monoisotopic (exact) mass is 365 g/mol.